The average molecular weight is 322 g/mol. The molecule has 2 N–H and O–H groups in total. The molecule has 1 aliphatic carbocycles. The minimum atomic E-state index is 0.291. The van der Waals surface area contributed by atoms with Gasteiger partial charge in [-0.15, -0.1) is 0 Å². The van der Waals surface area contributed by atoms with Crippen LogP contribution in [0.5, 0.6) is 0 Å². The second-order valence-electron chi connectivity index (χ2n) is 7.69. The van der Waals surface area contributed by atoms with Crippen molar-refractivity contribution in [3.8, 4) is 0 Å². The minimum Gasteiger partial charge on any atom is -0.357 e. The molecule has 2 aliphatic heterocycles. The molecule has 0 atom stereocenters. The Hall–Kier alpha value is -0.810. The van der Waals surface area contributed by atoms with Crippen molar-refractivity contribution < 1.29 is 0 Å². The quantitative estimate of drug-likeness (QED) is 0.597. The second-order valence-corrected chi connectivity index (χ2v) is 7.69. The van der Waals surface area contributed by atoms with E-state index in [1.165, 1.54) is 71.1 Å². The number of aliphatic imine (C=N–C) groups is 1. The van der Waals surface area contributed by atoms with E-state index in [1.807, 2.05) is 0 Å². The molecule has 0 aromatic carbocycles. The summed E-state index contributed by atoms with van der Waals surface area (Å²) < 4.78 is 0. The maximum atomic E-state index is 5.02. The maximum Gasteiger partial charge on any atom is 0.191 e. The molecule has 3 aliphatic rings. The van der Waals surface area contributed by atoms with Gasteiger partial charge >= 0.3 is 0 Å². The van der Waals surface area contributed by atoms with Crippen LogP contribution in [0.3, 0.4) is 0 Å². The van der Waals surface area contributed by atoms with Gasteiger partial charge in [-0.25, -0.2) is 0 Å². The Morgan fingerprint density at radius 3 is 2.39 bits per heavy atom. The number of nitrogens with zero attached hydrogens (tertiary/aromatic N) is 3. The van der Waals surface area contributed by atoms with E-state index >= 15 is 0 Å². The van der Waals surface area contributed by atoms with Crippen molar-refractivity contribution in [3.63, 3.8) is 0 Å². The van der Waals surface area contributed by atoms with Crippen molar-refractivity contribution in [2.45, 2.75) is 63.5 Å². The van der Waals surface area contributed by atoms with E-state index in [2.05, 4.69) is 34.4 Å². The lowest BCUT2D eigenvalue weighted by Gasteiger charge is -2.49. The highest BCUT2D eigenvalue weighted by atomic mass is 15.3. The normalized spacial score (nSPS) is 27.0. The first-order valence-electron chi connectivity index (χ1n) is 9.70. The van der Waals surface area contributed by atoms with Crippen LogP contribution < -0.4 is 10.6 Å². The van der Waals surface area contributed by atoms with Crippen LogP contribution in [0.1, 0.15) is 51.9 Å². The molecule has 3 rings (SSSR count). The predicted octanol–water partition coefficient (Wildman–Crippen LogP) is 1.65. The van der Waals surface area contributed by atoms with Gasteiger partial charge in [-0.3, -0.25) is 9.89 Å². The molecule has 132 valence electrons. The van der Waals surface area contributed by atoms with Gasteiger partial charge in [0.1, 0.15) is 0 Å². The fraction of sp³-hybridized carbons (Fsp3) is 0.944. The summed E-state index contributed by atoms with van der Waals surface area (Å²) in [5, 5.41) is 7.00. The zero-order valence-corrected chi connectivity index (χ0v) is 15.1. The molecule has 0 bridgehead atoms. The van der Waals surface area contributed by atoms with Crippen LogP contribution in [0.4, 0.5) is 0 Å². The van der Waals surface area contributed by atoms with Crippen LogP contribution in [0.2, 0.25) is 0 Å². The highest BCUT2D eigenvalue weighted by Gasteiger charge is 2.39. The Morgan fingerprint density at radius 2 is 1.78 bits per heavy atom. The molecular formula is C18H35N5. The van der Waals surface area contributed by atoms with Gasteiger partial charge in [0.25, 0.3) is 0 Å². The summed E-state index contributed by atoms with van der Waals surface area (Å²) in [6.07, 6.45) is 9.25. The summed E-state index contributed by atoms with van der Waals surface area (Å²) in [6, 6.07) is 0.663. The Balaban J connectivity index is 1.68. The Morgan fingerprint density at radius 1 is 1.09 bits per heavy atom. The van der Waals surface area contributed by atoms with Crippen LogP contribution >= 0.6 is 0 Å². The number of nitrogens with one attached hydrogen (secondary N) is 2. The molecule has 0 aromatic heterocycles. The first kappa shape index (κ1) is 17.0. The van der Waals surface area contributed by atoms with Crippen molar-refractivity contribution in [3.05, 3.63) is 0 Å². The first-order chi connectivity index (χ1) is 11.2. The van der Waals surface area contributed by atoms with Crippen LogP contribution in [-0.2, 0) is 0 Å². The number of guanidine groups is 1. The van der Waals surface area contributed by atoms with E-state index in [9.17, 15) is 0 Å². The summed E-state index contributed by atoms with van der Waals surface area (Å²) >= 11 is 0. The number of rotatable bonds is 5. The third-order valence-corrected chi connectivity index (χ3v) is 5.74. The lowest BCUT2D eigenvalue weighted by molar-refractivity contribution is 0.0208. The molecule has 0 amide bonds. The van der Waals surface area contributed by atoms with Gasteiger partial charge in [-0.2, -0.15) is 0 Å². The maximum absolute atomic E-state index is 5.02. The lowest BCUT2D eigenvalue weighted by Crippen LogP contribution is -2.58. The van der Waals surface area contributed by atoms with Gasteiger partial charge in [-0.05, 0) is 78.7 Å². The van der Waals surface area contributed by atoms with Crippen LogP contribution in [0.25, 0.3) is 0 Å². The van der Waals surface area contributed by atoms with E-state index in [-0.39, 0.29) is 0 Å². The van der Waals surface area contributed by atoms with Crippen LogP contribution in [-0.4, -0.2) is 73.7 Å². The standard InChI is InChI=1S/C18H35N5/c1-3-19-17(21-16-7-8-16)20-15-18(9-13-22(2)14-10-18)23-11-5-4-6-12-23/h16H,3-15H2,1-2H3,(H2,19,20,21). The SMILES string of the molecule is CCNC(=NCC1(N2CCCCC2)CCN(C)CC1)NC1CC1. The summed E-state index contributed by atoms with van der Waals surface area (Å²) in [7, 11) is 2.25. The average Bonchev–Trinajstić information content (AvgIpc) is 3.40. The fourth-order valence-corrected chi connectivity index (χ4v) is 3.94. The van der Waals surface area contributed by atoms with Crippen molar-refractivity contribution in [2.24, 2.45) is 4.99 Å². The van der Waals surface area contributed by atoms with Gasteiger partial charge in [-0.1, -0.05) is 6.42 Å². The Labute approximate surface area is 141 Å². The first-order valence-corrected chi connectivity index (χ1v) is 9.70. The third kappa shape index (κ3) is 4.60. The van der Waals surface area contributed by atoms with Crippen molar-refractivity contribution >= 4 is 5.96 Å². The van der Waals surface area contributed by atoms with Gasteiger partial charge in [0.2, 0.25) is 0 Å². The zero-order valence-electron chi connectivity index (χ0n) is 15.1. The van der Waals surface area contributed by atoms with E-state index in [0.717, 1.165) is 19.0 Å². The molecule has 0 radical (unpaired) electrons. The summed E-state index contributed by atoms with van der Waals surface area (Å²) in [5.74, 6) is 1.03. The molecule has 2 heterocycles. The number of piperidine rings is 2. The molecule has 0 unspecified atom stereocenters. The smallest absolute Gasteiger partial charge is 0.191 e. The third-order valence-electron chi connectivity index (χ3n) is 5.74. The van der Waals surface area contributed by atoms with E-state index in [1.54, 1.807) is 0 Å². The molecular weight excluding hydrogens is 286 g/mol. The van der Waals surface area contributed by atoms with Crippen LogP contribution in [0, 0.1) is 0 Å². The van der Waals surface area contributed by atoms with E-state index in [4.69, 9.17) is 4.99 Å². The number of hydrogen-bond donors (Lipinski definition) is 2. The highest BCUT2D eigenvalue weighted by molar-refractivity contribution is 5.80. The summed E-state index contributed by atoms with van der Waals surface area (Å²) in [6.45, 7) is 9.00. The molecule has 0 aromatic rings. The van der Waals surface area contributed by atoms with Gasteiger partial charge in [0.15, 0.2) is 5.96 Å². The number of hydrogen-bond acceptors (Lipinski definition) is 3. The topological polar surface area (TPSA) is 42.9 Å². The number of likely N-dealkylation sites (tertiary alicyclic amines) is 2. The van der Waals surface area contributed by atoms with E-state index < -0.39 is 0 Å². The van der Waals surface area contributed by atoms with E-state index in [0.29, 0.717) is 11.6 Å². The van der Waals surface area contributed by atoms with Crippen molar-refractivity contribution in [1.29, 1.82) is 0 Å². The summed E-state index contributed by atoms with van der Waals surface area (Å²) in [4.78, 5) is 10.3. The molecule has 5 heteroatoms. The minimum absolute atomic E-state index is 0.291. The van der Waals surface area contributed by atoms with Crippen molar-refractivity contribution in [2.75, 3.05) is 46.3 Å². The second kappa shape index (κ2) is 7.84. The largest absolute Gasteiger partial charge is 0.357 e. The highest BCUT2D eigenvalue weighted by Crippen LogP contribution is 2.31. The zero-order chi connectivity index (χ0) is 16.1. The molecule has 5 nitrogen and oxygen atoms in total. The lowest BCUT2D eigenvalue weighted by atomic mass is 9.84. The van der Waals surface area contributed by atoms with Crippen molar-refractivity contribution in [1.82, 2.24) is 20.4 Å². The monoisotopic (exact) mass is 321 g/mol. The van der Waals surface area contributed by atoms with Crippen LogP contribution in [0.15, 0.2) is 4.99 Å². The molecule has 3 fully saturated rings. The molecule has 2 saturated heterocycles. The Bertz CT molecular complexity index is 390. The fourth-order valence-electron chi connectivity index (χ4n) is 3.94. The van der Waals surface area contributed by atoms with Gasteiger partial charge in [0, 0.05) is 18.1 Å². The van der Waals surface area contributed by atoms with Gasteiger partial charge in [0.05, 0.1) is 6.54 Å². The molecule has 1 saturated carbocycles. The Kier molecular flexibility index (Phi) is 5.81. The summed E-state index contributed by atoms with van der Waals surface area (Å²) in [5.41, 5.74) is 0.291. The molecule has 23 heavy (non-hydrogen) atoms. The molecule has 0 spiro atoms. The van der Waals surface area contributed by atoms with Gasteiger partial charge < -0.3 is 15.5 Å². The predicted molar refractivity (Wildman–Crippen MR) is 97.0 cm³/mol.